The summed E-state index contributed by atoms with van der Waals surface area (Å²) in [5, 5.41) is 9.68. The first-order valence-electron chi connectivity index (χ1n) is 8.01. The van der Waals surface area contributed by atoms with E-state index in [9.17, 15) is 5.11 Å². The van der Waals surface area contributed by atoms with Gasteiger partial charge in [-0.25, -0.2) is 0 Å². The second-order valence-corrected chi connectivity index (χ2v) is 6.28. The van der Waals surface area contributed by atoms with E-state index >= 15 is 0 Å². The summed E-state index contributed by atoms with van der Waals surface area (Å²) in [6, 6.07) is 14.5. The fourth-order valence-electron chi connectivity index (χ4n) is 3.27. The van der Waals surface area contributed by atoms with Gasteiger partial charge in [-0.3, -0.25) is 4.90 Å². The van der Waals surface area contributed by atoms with E-state index in [-0.39, 0.29) is 0 Å². The maximum atomic E-state index is 9.68. The van der Waals surface area contributed by atoms with Crippen molar-refractivity contribution in [3.63, 3.8) is 0 Å². The molecule has 2 aromatic carbocycles. The van der Waals surface area contributed by atoms with E-state index in [0.717, 1.165) is 38.0 Å². The molecular formula is C19H24N2O. The van der Waals surface area contributed by atoms with Crippen LogP contribution in [0, 0.1) is 0 Å². The maximum Gasteiger partial charge on any atom is 0.115 e. The van der Waals surface area contributed by atoms with Crippen LogP contribution in [-0.4, -0.2) is 29.1 Å². The number of rotatable bonds is 3. The van der Waals surface area contributed by atoms with Crippen molar-refractivity contribution >= 4 is 5.69 Å². The molecule has 2 aromatic rings. The molecule has 1 aliphatic rings. The molecular weight excluding hydrogens is 272 g/mol. The molecule has 1 atom stereocenters. The lowest BCUT2D eigenvalue weighted by molar-refractivity contribution is 0.219. The molecule has 116 valence electrons. The normalized spacial score (nSPS) is 18.7. The van der Waals surface area contributed by atoms with Crippen LogP contribution in [0.25, 0.3) is 0 Å². The average molecular weight is 296 g/mol. The first-order valence-corrected chi connectivity index (χ1v) is 8.01. The number of hydrogen-bond acceptors (Lipinski definition) is 3. The summed E-state index contributed by atoms with van der Waals surface area (Å²) < 4.78 is 0. The van der Waals surface area contributed by atoms with Gasteiger partial charge in [0.25, 0.3) is 0 Å². The highest BCUT2D eigenvalue weighted by Crippen LogP contribution is 2.23. The Kier molecular flexibility index (Phi) is 4.34. The van der Waals surface area contributed by atoms with Gasteiger partial charge in [-0.2, -0.15) is 0 Å². The predicted molar refractivity (Wildman–Crippen MR) is 91.1 cm³/mol. The Labute approximate surface area is 132 Å². The summed E-state index contributed by atoms with van der Waals surface area (Å²) in [5.41, 5.74) is 10.6. The zero-order valence-corrected chi connectivity index (χ0v) is 13.1. The van der Waals surface area contributed by atoms with Crippen LogP contribution >= 0.6 is 0 Å². The molecule has 0 saturated heterocycles. The predicted octanol–water partition coefficient (Wildman–Crippen LogP) is 3.01. The summed E-state index contributed by atoms with van der Waals surface area (Å²) >= 11 is 0. The quantitative estimate of drug-likeness (QED) is 0.856. The van der Waals surface area contributed by atoms with E-state index in [0.29, 0.717) is 11.8 Å². The number of aromatic hydroxyl groups is 1. The van der Waals surface area contributed by atoms with Crippen LogP contribution in [0.15, 0.2) is 42.5 Å². The summed E-state index contributed by atoms with van der Waals surface area (Å²) in [7, 11) is 0. The summed E-state index contributed by atoms with van der Waals surface area (Å²) in [6.07, 6.45) is 3.11. The molecule has 3 rings (SSSR count). The van der Waals surface area contributed by atoms with Crippen LogP contribution in [0.1, 0.15) is 23.6 Å². The van der Waals surface area contributed by atoms with Crippen molar-refractivity contribution in [2.45, 2.75) is 32.2 Å². The van der Waals surface area contributed by atoms with Gasteiger partial charge in [0, 0.05) is 24.8 Å². The third kappa shape index (κ3) is 3.42. The number of benzene rings is 2. The van der Waals surface area contributed by atoms with Gasteiger partial charge in [-0.15, -0.1) is 0 Å². The molecule has 22 heavy (non-hydrogen) atoms. The standard InChI is InChI=1S/C19H24N2O/c1-14-12-17-13-19(22)7-4-16(17)9-11-21(14)10-8-15-2-5-18(20)6-3-15/h2-7,13-14,22H,8-12,20H2,1H3. The fourth-order valence-corrected chi connectivity index (χ4v) is 3.27. The molecule has 3 nitrogen and oxygen atoms in total. The smallest absolute Gasteiger partial charge is 0.115 e. The Morgan fingerprint density at radius 2 is 1.91 bits per heavy atom. The number of phenols is 1. The molecule has 3 heteroatoms. The third-order valence-electron chi connectivity index (χ3n) is 4.66. The number of nitrogen functional groups attached to an aromatic ring is 1. The second-order valence-electron chi connectivity index (χ2n) is 6.28. The Balaban J connectivity index is 1.65. The summed E-state index contributed by atoms with van der Waals surface area (Å²) in [4.78, 5) is 2.55. The maximum absolute atomic E-state index is 9.68. The van der Waals surface area contributed by atoms with E-state index < -0.39 is 0 Å². The third-order valence-corrected chi connectivity index (χ3v) is 4.66. The highest BCUT2D eigenvalue weighted by atomic mass is 16.3. The Hall–Kier alpha value is -2.00. The van der Waals surface area contributed by atoms with Crippen LogP contribution in [0.5, 0.6) is 5.75 Å². The number of anilines is 1. The highest BCUT2D eigenvalue weighted by molar-refractivity contribution is 5.39. The molecule has 0 radical (unpaired) electrons. The van der Waals surface area contributed by atoms with Gasteiger partial charge in [-0.1, -0.05) is 18.2 Å². The Morgan fingerprint density at radius 3 is 2.68 bits per heavy atom. The van der Waals surface area contributed by atoms with Crippen molar-refractivity contribution in [2.24, 2.45) is 0 Å². The largest absolute Gasteiger partial charge is 0.508 e. The van der Waals surface area contributed by atoms with Crippen molar-refractivity contribution in [3.8, 4) is 5.75 Å². The van der Waals surface area contributed by atoms with Crippen molar-refractivity contribution in [2.75, 3.05) is 18.8 Å². The topological polar surface area (TPSA) is 49.5 Å². The van der Waals surface area contributed by atoms with Gasteiger partial charge in [0.1, 0.15) is 5.75 Å². The molecule has 0 bridgehead atoms. The number of nitrogens with zero attached hydrogens (tertiary/aromatic N) is 1. The molecule has 1 heterocycles. The molecule has 0 saturated carbocycles. The minimum Gasteiger partial charge on any atom is -0.508 e. The van der Waals surface area contributed by atoms with E-state index in [2.05, 4.69) is 30.0 Å². The molecule has 0 aliphatic carbocycles. The number of fused-ring (bicyclic) bond motifs is 1. The summed E-state index contributed by atoms with van der Waals surface area (Å²) in [6.45, 7) is 4.42. The van der Waals surface area contributed by atoms with Crippen molar-refractivity contribution in [1.29, 1.82) is 0 Å². The molecule has 1 unspecified atom stereocenters. The van der Waals surface area contributed by atoms with Gasteiger partial charge in [-0.05, 0) is 67.1 Å². The zero-order chi connectivity index (χ0) is 15.5. The first kappa shape index (κ1) is 14.9. The second kappa shape index (κ2) is 6.41. The van der Waals surface area contributed by atoms with Crippen LogP contribution in [-0.2, 0) is 19.3 Å². The van der Waals surface area contributed by atoms with Gasteiger partial charge in [0.2, 0.25) is 0 Å². The van der Waals surface area contributed by atoms with Crippen LogP contribution < -0.4 is 5.73 Å². The van der Waals surface area contributed by atoms with E-state index in [4.69, 9.17) is 5.73 Å². The molecule has 0 amide bonds. The SMILES string of the molecule is CC1Cc2cc(O)ccc2CCN1CCc1ccc(N)cc1. The lowest BCUT2D eigenvalue weighted by Gasteiger charge is -2.27. The van der Waals surface area contributed by atoms with Crippen LogP contribution in [0.4, 0.5) is 5.69 Å². The molecule has 3 N–H and O–H groups in total. The van der Waals surface area contributed by atoms with Crippen molar-refractivity contribution < 1.29 is 5.11 Å². The summed E-state index contributed by atoms with van der Waals surface area (Å²) in [5.74, 6) is 0.376. The highest BCUT2D eigenvalue weighted by Gasteiger charge is 2.20. The first-order chi connectivity index (χ1) is 10.6. The number of phenolic OH excluding ortho intramolecular Hbond substituents is 1. The lowest BCUT2D eigenvalue weighted by Crippen LogP contribution is -2.36. The minimum atomic E-state index is 0.376. The van der Waals surface area contributed by atoms with Gasteiger partial charge in [0.15, 0.2) is 0 Å². The van der Waals surface area contributed by atoms with Gasteiger partial charge < -0.3 is 10.8 Å². The molecule has 0 aromatic heterocycles. The minimum absolute atomic E-state index is 0.376. The Morgan fingerprint density at radius 1 is 1.14 bits per heavy atom. The van der Waals surface area contributed by atoms with Crippen molar-refractivity contribution in [1.82, 2.24) is 4.90 Å². The lowest BCUT2D eigenvalue weighted by atomic mass is 10.0. The van der Waals surface area contributed by atoms with Gasteiger partial charge >= 0.3 is 0 Å². The van der Waals surface area contributed by atoms with Gasteiger partial charge in [0.05, 0.1) is 0 Å². The number of nitrogens with two attached hydrogens (primary N) is 1. The van der Waals surface area contributed by atoms with Crippen LogP contribution in [0.2, 0.25) is 0 Å². The molecule has 1 aliphatic heterocycles. The van der Waals surface area contributed by atoms with Crippen LogP contribution in [0.3, 0.4) is 0 Å². The van der Waals surface area contributed by atoms with E-state index in [1.165, 1.54) is 16.7 Å². The van der Waals surface area contributed by atoms with E-state index in [1.807, 2.05) is 18.2 Å². The number of hydrogen-bond donors (Lipinski definition) is 2. The zero-order valence-electron chi connectivity index (χ0n) is 13.1. The Bertz CT molecular complexity index is 636. The van der Waals surface area contributed by atoms with Crippen molar-refractivity contribution in [3.05, 3.63) is 59.2 Å². The van der Waals surface area contributed by atoms with E-state index in [1.54, 1.807) is 6.07 Å². The molecule has 0 spiro atoms. The monoisotopic (exact) mass is 296 g/mol. The molecule has 0 fully saturated rings. The average Bonchev–Trinajstić information content (AvgIpc) is 2.65. The fraction of sp³-hybridized carbons (Fsp3) is 0.368.